The van der Waals surface area contributed by atoms with Gasteiger partial charge in [0.15, 0.2) is 5.76 Å². The number of rotatable bonds is 4. The molecule has 1 aromatic carbocycles. The number of benzene rings is 1. The smallest absolute Gasteiger partial charge is 0.246 e. The molecule has 1 aliphatic rings. The lowest BCUT2D eigenvalue weighted by molar-refractivity contribution is 0.0659. The Balaban J connectivity index is 1.86. The Hall–Kier alpha value is -1.35. The third-order valence-corrected chi connectivity index (χ3v) is 6.75. The Kier molecular flexibility index (Phi) is 4.26. The molecule has 0 saturated heterocycles. The molecule has 23 heavy (non-hydrogen) atoms. The average molecular weight is 354 g/mol. The number of nitrogens with one attached hydrogen (secondary N) is 1. The van der Waals surface area contributed by atoms with E-state index in [2.05, 4.69) is 9.88 Å². The van der Waals surface area contributed by atoms with Gasteiger partial charge in [0, 0.05) is 18.1 Å². The zero-order valence-corrected chi connectivity index (χ0v) is 14.5. The van der Waals surface area contributed by atoms with Gasteiger partial charge in [0.25, 0.3) is 0 Å². The molecule has 0 amide bonds. The Morgan fingerprint density at radius 2 is 2.13 bits per heavy atom. The molecule has 6 nitrogen and oxygen atoms in total. The first-order valence-electron chi connectivity index (χ1n) is 7.14. The standard InChI is InChI=1S/C15H18N2O4S2/c1-10-14(11(2)21-17-10)23(19,20)16-8-15(18)9-22-7-12-5-3-4-6-13(12)15/h3-6,16,18H,7-9H2,1-2H3. The van der Waals surface area contributed by atoms with Crippen molar-refractivity contribution >= 4 is 21.8 Å². The van der Waals surface area contributed by atoms with Gasteiger partial charge in [-0.05, 0) is 25.0 Å². The van der Waals surface area contributed by atoms with Crippen LogP contribution in [0.5, 0.6) is 0 Å². The molecular formula is C15H18N2O4S2. The third-order valence-electron chi connectivity index (χ3n) is 3.91. The summed E-state index contributed by atoms with van der Waals surface area (Å²) in [6.07, 6.45) is 0. The van der Waals surface area contributed by atoms with Gasteiger partial charge in [-0.2, -0.15) is 11.8 Å². The summed E-state index contributed by atoms with van der Waals surface area (Å²) in [6, 6.07) is 7.57. The number of aromatic nitrogens is 1. The fraction of sp³-hybridized carbons (Fsp3) is 0.400. The zero-order valence-electron chi connectivity index (χ0n) is 12.9. The van der Waals surface area contributed by atoms with E-state index in [9.17, 15) is 13.5 Å². The Bertz CT molecular complexity index is 812. The lowest BCUT2D eigenvalue weighted by Crippen LogP contribution is -2.44. The first-order valence-corrected chi connectivity index (χ1v) is 9.78. The van der Waals surface area contributed by atoms with E-state index in [4.69, 9.17) is 4.52 Å². The summed E-state index contributed by atoms with van der Waals surface area (Å²) >= 11 is 1.58. The van der Waals surface area contributed by atoms with Crippen LogP contribution >= 0.6 is 11.8 Å². The highest BCUT2D eigenvalue weighted by atomic mass is 32.2. The molecule has 8 heteroatoms. The van der Waals surface area contributed by atoms with Gasteiger partial charge in [0.2, 0.25) is 10.0 Å². The van der Waals surface area contributed by atoms with Crippen molar-refractivity contribution in [2.75, 3.05) is 12.3 Å². The lowest BCUT2D eigenvalue weighted by atomic mass is 9.91. The van der Waals surface area contributed by atoms with E-state index in [-0.39, 0.29) is 17.2 Å². The number of aliphatic hydroxyl groups is 1. The van der Waals surface area contributed by atoms with Gasteiger partial charge in [-0.1, -0.05) is 29.4 Å². The second-order valence-corrected chi connectivity index (χ2v) is 8.35. The normalized spacial score (nSPS) is 21.2. The molecule has 1 aromatic heterocycles. The highest BCUT2D eigenvalue weighted by Crippen LogP contribution is 2.36. The van der Waals surface area contributed by atoms with E-state index in [1.165, 1.54) is 0 Å². The number of thioether (sulfide) groups is 1. The van der Waals surface area contributed by atoms with E-state index < -0.39 is 15.6 Å². The van der Waals surface area contributed by atoms with Crippen molar-refractivity contribution in [1.29, 1.82) is 0 Å². The van der Waals surface area contributed by atoms with E-state index in [0.29, 0.717) is 11.4 Å². The Morgan fingerprint density at radius 3 is 2.83 bits per heavy atom. The molecule has 0 radical (unpaired) electrons. The molecule has 2 N–H and O–H groups in total. The summed E-state index contributed by atoms with van der Waals surface area (Å²) in [4.78, 5) is 0.0397. The maximum atomic E-state index is 12.5. The zero-order chi connectivity index (χ0) is 16.7. The van der Waals surface area contributed by atoms with Crippen LogP contribution in [0, 0.1) is 13.8 Å². The molecule has 3 rings (SSSR count). The number of aryl methyl sites for hydroxylation is 2. The van der Waals surface area contributed by atoms with Crippen LogP contribution in [0.15, 0.2) is 33.7 Å². The fourth-order valence-corrected chi connectivity index (χ4v) is 5.38. The minimum absolute atomic E-state index is 0.0397. The number of hydrogen-bond acceptors (Lipinski definition) is 6. The minimum atomic E-state index is -3.79. The summed E-state index contributed by atoms with van der Waals surface area (Å²) in [5.74, 6) is 1.49. The van der Waals surface area contributed by atoms with Gasteiger partial charge in [0.1, 0.15) is 16.2 Å². The Labute approximate surface area is 139 Å². The van der Waals surface area contributed by atoms with Crippen LogP contribution in [0.1, 0.15) is 22.6 Å². The second-order valence-electron chi connectivity index (χ2n) is 5.66. The fourth-order valence-electron chi connectivity index (χ4n) is 2.80. The van der Waals surface area contributed by atoms with Crippen LogP contribution < -0.4 is 4.72 Å². The minimum Gasteiger partial charge on any atom is -0.383 e. The van der Waals surface area contributed by atoms with Crippen LogP contribution in [0.25, 0.3) is 0 Å². The van der Waals surface area contributed by atoms with Crippen molar-refractivity contribution < 1.29 is 18.0 Å². The summed E-state index contributed by atoms with van der Waals surface area (Å²) < 4.78 is 32.4. The molecule has 0 saturated carbocycles. The predicted octanol–water partition coefficient (Wildman–Crippen LogP) is 1.70. The summed E-state index contributed by atoms with van der Waals surface area (Å²) in [5, 5.41) is 14.6. The van der Waals surface area contributed by atoms with Crippen molar-refractivity contribution in [2.45, 2.75) is 30.1 Å². The van der Waals surface area contributed by atoms with Crippen molar-refractivity contribution in [3.8, 4) is 0 Å². The number of hydrogen-bond donors (Lipinski definition) is 2. The molecular weight excluding hydrogens is 336 g/mol. The van der Waals surface area contributed by atoms with Gasteiger partial charge in [0.05, 0.1) is 0 Å². The highest BCUT2D eigenvalue weighted by Gasteiger charge is 2.36. The molecule has 1 atom stereocenters. The molecule has 1 unspecified atom stereocenters. The molecule has 1 aliphatic heterocycles. The number of sulfonamides is 1. The van der Waals surface area contributed by atoms with E-state index in [0.717, 1.165) is 16.9 Å². The maximum absolute atomic E-state index is 12.5. The second kappa shape index (κ2) is 5.94. The highest BCUT2D eigenvalue weighted by molar-refractivity contribution is 7.98. The largest absolute Gasteiger partial charge is 0.383 e. The van der Waals surface area contributed by atoms with Gasteiger partial charge in [-0.15, -0.1) is 0 Å². The van der Waals surface area contributed by atoms with E-state index in [1.807, 2.05) is 24.3 Å². The topological polar surface area (TPSA) is 92.4 Å². The molecule has 2 aromatic rings. The first-order chi connectivity index (χ1) is 10.8. The molecule has 0 spiro atoms. The predicted molar refractivity (Wildman–Crippen MR) is 87.7 cm³/mol. The number of fused-ring (bicyclic) bond motifs is 1. The van der Waals surface area contributed by atoms with Crippen LogP contribution in [0.3, 0.4) is 0 Å². The average Bonchev–Trinajstić information content (AvgIpc) is 2.86. The van der Waals surface area contributed by atoms with Gasteiger partial charge in [-0.3, -0.25) is 0 Å². The van der Waals surface area contributed by atoms with Crippen molar-refractivity contribution in [3.63, 3.8) is 0 Å². The molecule has 0 fully saturated rings. The monoisotopic (exact) mass is 354 g/mol. The summed E-state index contributed by atoms with van der Waals surface area (Å²) in [5.41, 5.74) is 0.884. The molecule has 124 valence electrons. The molecule has 0 bridgehead atoms. The first kappa shape index (κ1) is 16.5. The van der Waals surface area contributed by atoms with Crippen molar-refractivity contribution in [3.05, 3.63) is 46.8 Å². The van der Waals surface area contributed by atoms with Gasteiger partial charge in [-0.25, -0.2) is 13.1 Å². The summed E-state index contributed by atoms with van der Waals surface area (Å²) in [6.45, 7) is 3.03. The van der Waals surface area contributed by atoms with E-state index in [1.54, 1.807) is 25.6 Å². The van der Waals surface area contributed by atoms with Crippen molar-refractivity contribution in [1.82, 2.24) is 9.88 Å². The molecule has 2 heterocycles. The Morgan fingerprint density at radius 1 is 1.39 bits per heavy atom. The quantitative estimate of drug-likeness (QED) is 0.868. The number of nitrogens with zero attached hydrogens (tertiary/aromatic N) is 1. The van der Waals surface area contributed by atoms with Crippen LogP contribution in [-0.2, 0) is 21.4 Å². The third kappa shape index (κ3) is 3.03. The van der Waals surface area contributed by atoms with Crippen LogP contribution in [-0.4, -0.2) is 31.0 Å². The maximum Gasteiger partial charge on any atom is 0.246 e. The summed E-state index contributed by atoms with van der Waals surface area (Å²) in [7, 11) is -3.79. The van der Waals surface area contributed by atoms with Gasteiger partial charge < -0.3 is 9.63 Å². The van der Waals surface area contributed by atoms with Crippen LogP contribution in [0.4, 0.5) is 0 Å². The van der Waals surface area contributed by atoms with Crippen LogP contribution in [0.2, 0.25) is 0 Å². The van der Waals surface area contributed by atoms with E-state index >= 15 is 0 Å². The molecule has 0 aliphatic carbocycles. The lowest BCUT2D eigenvalue weighted by Gasteiger charge is -2.34. The van der Waals surface area contributed by atoms with Crippen molar-refractivity contribution in [2.24, 2.45) is 0 Å². The van der Waals surface area contributed by atoms with Gasteiger partial charge >= 0.3 is 0 Å². The SMILES string of the molecule is Cc1noc(C)c1S(=O)(=O)NCC1(O)CSCc2ccccc21.